The first-order valence-corrected chi connectivity index (χ1v) is 9.58. The van der Waals surface area contributed by atoms with Crippen molar-refractivity contribution in [3.05, 3.63) is 58.7 Å². The van der Waals surface area contributed by atoms with Gasteiger partial charge in [-0.3, -0.25) is 4.79 Å². The number of benzene rings is 2. The minimum absolute atomic E-state index is 0.247. The lowest BCUT2D eigenvalue weighted by molar-refractivity contribution is -0.122. The van der Waals surface area contributed by atoms with Crippen molar-refractivity contribution in [3.63, 3.8) is 0 Å². The van der Waals surface area contributed by atoms with Gasteiger partial charge in [0.05, 0.1) is 12.2 Å². The average molecular weight is 383 g/mol. The molecule has 1 N–H and O–H groups in total. The summed E-state index contributed by atoms with van der Waals surface area (Å²) in [4.78, 5) is 24.5. The second kappa shape index (κ2) is 9.40. The van der Waals surface area contributed by atoms with Gasteiger partial charge in [-0.1, -0.05) is 26.0 Å². The van der Waals surface area contributed by atoms with Gasteiger partial charge in [0.2, 0.25) is 0 Å². The molecule has 2 rings (SSSR count). The Morgan fingerprint density at radius 1 is 1.04 bits per heavy atom. The van der Waals surface area contributed by atoms with Crippen molar-refractivity contribution in [2.45, 2.75) is 53.6 Å². The van der Waals surface area contributed by atoms with Gasteiger partial charge in [-0.05, 0) is 74.6 Å². The molecule has 1 atom stereocenters. The molecule has 0 aliphatic rings. The SMILES string of the molecule is CCOC(=O)c1ccc(NC(=O)[C@@H](C)Oc2cc(C)ccc2C(C)C)c(C)c1. The zero-order chi connectivity index (χ0) is 20.8. The zero-order valence-corrected chi connectivity index (χ0v) is 17.5. The van der Waals surface area contributed by atoms with E-state index in [9.17, 15) is 9.59 Å². The summed E-state index contributed by atoms with van der Waals surface area (Å²) in [6.45, 7) is 11.8. The van der Waals surface area contributed by atoms with E-state index >= 15 is 0 Å². The molecule has 2 aromatic rings. The second-order valence-electron chi connectivity index (χ2n) is 7.20. The van der Waals surface area contributed by atoms with Crippen LogP contribution in [0.3, 0.4) is 0 Å². The van der Waals surface area contributed by atoms with Crippen LogP contribution in [0, 0.1) is 13.8 Å². The highest BCUT2D eigenvalue weighted by atomic mass is 16.5. The van der Waals surface area contributed by atoms with Crippen LogP contribution in [0.2, 0.25) is 0 Å². The molecule has 0 fully saturated rings. The van der Waals surface area contributed by atoms with E-state index in [2.05, 4.69) is 19.2 Å². The molecule has 0 saturated carbocycles. The first-order valence-electron chi connectivity index (χ1n) is 9.58. The van der Waals surface area contributed by atoms with E-state index in [1.54, 1.807) is 32.0 Å². The number of anilines is 1. The van der Waals surface area contributed by atoms with Crippen molar-refractivity contribution in [3.8, 4) is 5.75 Å². The molecule has 0 aliphatic carbocycles. The van der Waals surface area contributed by atoms with Gasteiger partial charge >= 0.3 is 5.97 Å². The fraction of sp³-hybridized carbons (Fsp3) is 0.391. The topological polar surface area (TPSA) is 64.6 Å². The van der Waals surface area contributed by atoms with Gasteiger partial charge in [0.25, 0.3) is 5.91 Å². The Balaban J connectivity index is 2.11. The van der Waals surface area contributed by atoms with Gasteiger partial charge in [-0.15, -0.1) is 0 Å². The Morgan fingerprint density at radius 3 is 2.36 bits per heavy atom. The van der Waals surface area contributed by atoms with Crippen LogP contribution < -0.4 is 10.1 Å². The summed E-state index contributed by atoms with van der Waals surface area (Å²) in [6.07, 6.45) is -0.663. The molecular weight excluding hydrogens is 354 g/mol. The number of amides is 1. The molecule has 0 aromatic heterocycles. The lowest BCUT2D eigenvalue weighted by atomic mass is 10.0. The lowest BCUT2D eigenvalue weighted by Crippen LogP contribution is -2.30. The largest absolute Gasteiger partial charge is 0.481 e. The summed E-state index contributed by atoms with van der Waals surface area (Å²) in [7, 11) is 0. The number of aryl methyl sites for hydroxylation is 2. The highest BCUT2D eigenvalue weighted by molar-refractivity contribution is 5.96. The van der Waals surface area contributed by atoms with Crippen molar-refractivity contribution in [1.29, 1.82) is 0 Å². The first-order chi connectivity index (χ1) is 13.2. The van der Waals surface area contributed by atoms with Crippen LogP contribution in [0.4, 0.5) is 5.69 Å². The summed E-state index contributed by atoms with van der Waals surface area (Å²) in [5, 5.41) is 2.88. The molecular formula is C23H29NO4. The normalized spacial score (nSPS) is 11.8. The molecule has 2 aromatic carbocycles. The van der Waals surface area contributed by atoms with E-state index in [-0.39, 0.29) is 11.9 Å². The molecule has 1 amide bonds. The van der Waals surface area contributed by atoms with Crippen molar-refractivity contribution < 1.29 is 19.1 Å². The van der Waals surface area contributed by atoms with Gasteiger partial charge in [0, 0.05) is 5.69 Å². The zero-order valence-electron chi connectivity index (χ0n) is 17.5. The summed E-state index contributed by atoms with van der Waals surface area (Å²) in [6, 6.07) is 11.1. The van der Waals surface area contributed by atoms with E-state index < -0.39 is 6.10 Å². The molecule has 150 valence electrons. The van der Waals surface area contributed by atoms with Crippen LogP contribution in [0.1, 0.15) is 60.7 Å². The number of rotatable bonds is 7. The molecule has 0 aliphatic heterocycles. The monoisotopic (exact) mass is 383 g/mol. The Bertz CT molecular complexity index is 858. The molecule has 0 unspecified atom stereocenters. The van der Waals surface area contributed by atoms with Crippen LogP contribution in [-0.4, -0.2) is 24.6 Å². The maximum absolute atomic E-state index is 12.6. The maximum atomic E-state index is 12.6. The number of carbonyl (C=O) groups is 2. The fourth-order valence-corrected chi connectivity index (χ4v) is 2.84. The highest BCUT2D eigenvalue weighted by Gasteiger charge is 2.19. The van der Waals surface area contributed by atoms with Gasteiger partial charge in [-0.2, -0.15) is 0 Å². The smallest absolute Gasteiger partial charge is 0.338 e. The second-order valence-corrected chi connectivity index (χ2v) is 7.20. The number of carbonyl (C=O) groups excluding carboxylic acids is 2. The van der Waals surface area contributed by atoms with Crippen molar-refractivity contribution in [1.82, 2.24) is 0 Å². The van der Waals surface area contributed by atoms with Gasteiger partial charge in [0.1, 0.15) is 5.75 Å². The molecule has 0 saturated heterocycles. The molecule has 28 heavy (non-hydrogen) atoms. The van der Waals surface area contributed by atoms with Crippen molar-refractivity contribution in [2.75, 3.05) is 11.9 Å². The van der Waals surface area contributed by atoms with Crippen LogP contribution >= 0.6 is 0 Å². The van der Waals surface area contributed by atoms with Crippen LogP contribution in [0.25, 0.3) is 0 Å². The van der Waals surface area contributed by atoms with Crippen LogP contribution in [0.5, 0.6) is 5.75 Å². The van der Waals surface area contributed by atoms with Crippen molar-refractivity contribution in [2.24, 2.45) is 0 Å². The number of ether oxygens (including phenoxy) is 2. The number of esters is 1. The third-order valence-corrected chi connectivity index (χ3v) is 4.46. The number of hydrogen-bond donors (Lipinski definition) is 1. The molecule has 0 heterocycles. The molecule has 0 bridgehead atoms. The number of nitrogens with one attached hydrogen (secondary N) is 1. The van der Waals surface area contributed by atoms with E-state index in [1.165, 1.54) is 0 Å². The average Bonchev–Trinajstić information content (AvgIpc) is 2.63. The minimum atomic E-state index is -0.663. The summed E-state index contributed by atoms with van der Waals surface area (Å²) >= 11 is 0. The summed E-state index contributed by atoms with van der Waals surface area (Å²) in [5.74, 6) is 0.402. The predicted octanol–water partition coefficient (Wildman–Crippen LogP) is 5.01. The van der Waals surface area contributed by atoms with E-state index in [4.69, 9.17) is 9.47 Å². The maximum Gasteiger partial charge on any atom is 0.338 e. The van der Waals surface area contributed by atoms with E-state index in [0.717, 1.165) is 22.4 Å². The summed E-state index contributed by atoms with van der Waals surface area (Å²) < 4.78 is 11.0. The molecule has 5 heteroatoms. The summed E-state index contributed by atoms with van der Waals surface area (Å²) in [5.41, 5.74) is 4.03. The van der Waals surface area contributed by atoms with Crippen LogP contribution in [0.15, 0.2) is 36.4 Å². The van der Waals surface area contributed by atoms with E-state index in [0.29, 0.717) is 23.8 Å². The van der Waals surface area contributed by atoms with Crippen LogP contribution in [-0.2, 0) is 9.53 Å². The molecule has 5 nitrogen and oxygen atoms in total. The Labute approximate surface area is 167 Å². The Kier molecular flexibility index (Phi) is 7.21. The van der Waals surface area contributed by atoms with Crippen molar-refractivity contribution >= 4 is 17.6 Å². The lowest BCUT2D eigenvalue weighted by Gasteiger charge is -2.20. The fourth-order valence-electron chi connectivity index (χ4n) is 2.84. The first kappa shape index (κ1) is 21.5. The molecule has 0 spiro atoms. The standard InChI is InChI=1S/C23H29NO4/c1-7-27-23(26)18-9-11-20(16(5)13-18)24-22(25)17(6)28-21-12-15(4)8-10-19(21)14(2)3/h8-14,17H,7H2,1-6H3,(H,24,25)/t17-/m1/s1. The highest BCUT2D eigenvalue weighted by Crippen LogP contribution is 2.28. The van der Waals surface area contributed by atoms with Gasteiger partial charge < -0.3 is 14.8 Å². The quantitative estimate of drug-likeness (QED) is 0.683. The van der Waals surface area contributed by atoms with Gasteiger partial charge in [0.15, 0.2) is 6.10 Å². The third kappa shape index (κ3) is 5.35. The molecule has 0 radical (unpaired) electrons. The Hall–Kier alpha value is -2.82. The number of hydrogen-bond acceptors (Lipinski definition) is 4. The predicted molar refractivity (Wildman–Crippen MR) is 111 cm³/mol. The minimum Gasteiger partial charge on any atom is -0.481 e. The van der Waals surface area contributed by atoms with Gasteiger partial charge in [-0.25, -0.2) is 4.79 Å². The Morgan fingerprint density at radius 2 is 1.75 bits per heavy atom. The van der Waals surface area contributed by atoms with E-state index in [1.807, 2.05) is 32.0 Å². The third-order valence-electron chi connectivity index (χ3n) is 4.46.